The van der Waals surface area contributed by atoms with Gasteiger partial charge in [-0.05, 0) is 43.4 Å². The van der Waals surface area contributed by atoms with Crippen molar-refractivity contribution in [2.75, 3.05) is 0 Å². The van der Waals surface area contributed by atoms with Gasteiger partial charge in [0.05, 0.1) is 0 Å². The van der Waals surface area contributed by atoms with Crippen LogP contribution in [0.4, 0.5) is 0 Å². The topological polar surface area (TPSA) is 55.1 Å². The van der Waals surface area contributed by atoms with Gasteiger partial charge in [-0.2, -0.15) is 5.10 Å². The van der Waals surface area contributed by atoms with Crippen LogP contribution in [0.1, 0.15) is 34.8 Å². The van der Waals surface area contributed by atoms with E-state index in [4.69, 9.17) is 0 Å². The summed E-state index contributed by atoms with van der Waals surface area (Å²) in [4.78, 5) is 11.3. The summed E-state index contributed by atoms with van der Waals surface area (Å²) in [7, 11) is 0. The molecule has 0 saturated carbocycles. The molecule has 98 valence electrons. The van der Waals surface area contributed by atoms with Crippen LogP contribution >= 0.6 is 0 Å². The summed E-state index contributed by atoms with van der Waals surface area (Å²) in [6.45, 7) is 2.62. The standard InChI is InChI=1S/C15H16N2O2/c1-2-17-9-13(15(18)19)14(16-17)12-7-6-10-4-3-5-11(10)8-12/h6-9H,2-5H2,1H3,(H,18,19). The Morgan fingerprint density at radius 3 is 2.89 bits per heavy atom. The van der Waals surface area contributed by atoms with Crippen molar-refractivity contribution in [1.82, 2.24) is 9.78 Å². The molecule has 19 heavy (non-hydrogen) atoms. The van der Waals surface area contributed by atoms with E-state index in [-0.39, 0.29) is 5.56 Å². The zero-order valence-electron chi connectivity index (χ0n) is 10.9. The fourth-order valence-corrected chi connectivity index (χ4v) is 2.67. The number of fused-ring (bicyclic) bond motifs is 1. The maximum atomic E-state index is 11.3. The predicted octanol–water partition coefficient (Wildman–Crippen LogP) is 2.76. The third-order valence-electron chi connectivity index (χ3n) is 3.69. The molecule has 0 unspecified atom stereocenters. The van der Waals surface area contributed by atoms with Gasteiger partial charge in [0.2, 0.25) is 0 Å². The molecule has 1 aromatic carbocycles. The lowest BCUT2D eigenvalue weighted by atomic mass is 10.0. The fourth-order valence-electron chi connectivity index (χ4n) is 2.67. The highest BCUT2D eigenvalue weighted by molar-refractivity contribution is 5.94. The Hall–Kier alpha value is -2.10. The quantitative estimate of drug-likeness (QED) is 0.918. The highest BCUT2D eigenvalue weighted by atomic mass is 16.4. The van der Waals surface area contributed by atoms with Crippen molar-refractivity contribution in [3.05, 3.63) is 41.1 Å². The zero-order valence-corrected chi connectivity index (χ0v) is 10.9. The Morgan fingerprint density at radius 2 is 2.16 bits per heavy atom. The Labute approximate surface area is 111 Å². The minimum Gasteiger partial charge on any atom is -0.478 e. The highest BCUT2D eigenvalue weighted by Crippen LogP contribution is 2.29. The molecule has 1 heterocycles. The van der Waals surface area contributed by atoms with Crippen LogP contribution in [0.5, 0.6) is 0 Å². The minimum absolute atomic E-state index is 0.278. The largest absolute Gasteiger partial charge is 0.478 e. The first kappa shape index (κ1) is 12.0. The van der Waals surface area contributed by atoms with E-state index >= 15 is 0 Å². The molecule has 0 aliphatic heterocycles. The van der Waals surface area contributed by atoms with Crippen LogP contribution in [0.25, 0.3) is 11.3 Å². The van der Waals surface area contributed by atoms with Crippen LogP contribution in [0.15, 0.2) is 24.4 Å². The molecule has 1 N–H and O–H groups in total. The first-order valence-electron chi connectivity index (χ1n) is 6.62. The molecule has 4 nitrogen and oxygen atoms in total. The van der Waals surface area contributed by atoms with Crippen molar-refractivity contribution in [3.8, 4) is 11.3 Å². The normalized spacial score (nSPS) is 13.5. The van der Waals surface area contributed by atoms with Crippen LogP contribution in [0, 0.1) is 0 Å². The van der Waals surface area contributed by atoms with E-state index in [9.17, 15) is 9.90 Å². The van der Waals surface area contributed by atoms with E-state index < -0.39 is 5.97 Å². The Morgan fingerprint density at radius 1 is 1.37 bits per heavy atom. The summed E-state index contributed by atoms with van der Waals surface area (Å²) in [5.74, 6) is -0.921. The first-order chi connectivity index (χ1) is 9.19. The average Bonchev–Trinajstić information content (AvgIpc) is 3.04. The lowest BCUT2D eigenvalue weighted by molar-refractivity contribution is 0.0697. The van der Waals surface area contributed by atoms with E-state index in [0.717, 1.165) is 18.4 Å². The second kappa shape index (κ2) is 4.53. The lowest BCUT2D eigenvalue weighted by Crippen LogP contribution is -1.97. The van der Waals surface area contributed by atoms with Gasteiger partial charge >= 0.3 is 5.97 Å². The zero-order chi connectivity index (χ0) is 13.4. The van der Waals surface area contributed by atoms with Crippen LogP contribution in [0.2, 0.25) is 0 Å². The number of carboxylic acids is 1. The van der Waals surface area contributed by atoms with E-state index in [1.807, 2.05) is 13.0 Å². The van der Waals surface area contributed by atoms with E-state index in [2.05, 4.69) is 17.2 Å². The SMILES string of the molecule is CCn1cc(C(=O)O)c(-c2ccc3c(c2)CCC3)n1. The van der Waals surface area contributed by atoms with Crippen LogP contribution in [-0.4, -0.2) is 20.9 Å². The van der Waals surface area contributed by atoms with Gasteiger partial charge in [-0.15, -0.1) is 0 Å². The molecule has 0 bridgehead atoms. The summed E-state index contributed by atoms with van der Waals surface area (Å²) in [6, 6.07) is 6.18. The molecule has 0 saturated heterocycles. The summed E-state index contributed by atoms with van der Waals surface area (Å²) in [5, 5.41) is 13.7. The summed E-state index contributed by atoms with van der Waals surface area (Å²) in [5.41, 5.74) is 4.48. The third-order valence-corrected chi connectivity index (χ3v) is 3.69. The summed E-state index contributed by atoms with van der Waals surface area (Å²) >= 11 is 0. The highest BCUT2D eigenvalue weighted by Gasteiger charge is 2.18. The number of hydrogen-bond donors (Lipinski definition) is 1. The van der Waals surface area contributed by atoms with Crippen LogP contribution < -0.4 is 0 Å². The lowest BCUT2D eigenvalue weighted by Gasteiger charge is -2.03. The van der Waals surface area contributed by atoms with Crippen molar-refractivity contribution in [2.45, 2.75) is 32.7 Å². The van der Waals surface area contributed by atoms with Gasteiger partial charge in [0.1, 0.15) is 11.3 Å². The number of aromatic carboxylic acids is 1. The molecular weight excluding hydrogens is 240 g/mol. The van der Waals surface area contributed by atoms with Crippen molar-refractivity contribution in [1.29, 1.82) is 0 Å². The second-order valence-corrected chi connectivity index (χ2v) is 4.89. The van der Waals surface area contributed by atoms with Crippen molar-refractivity contribution in [3.63, 3.8) is 0 Å². The van der Waals surface area contributed by atoms with E-state index in [1.54, 1.807) is 10.9 Å². The number of carbonyl (C=O) groups is 1. The van der Waals surface area contributed by atoms with Crippen LogP contribution in [0.3, 0.4) is 0 Å². The number of benzene rings is 1. The number of hydrogen-bond acceptors (Lipinski definition) is 2. The van der Waals surface area contributed by atoms with Crippen molar-refractivity contribution < 1.29 is 9.90 Å². The number of carboxylic acid groups (broad SMARTS) is 1. The molecule has 0 radical (unpaired) electrons. The van der Waals surface area contributed by atoms with Crippen molar-refractivity contribution in [2.24, 2.45) is 0 Å². The summed E-state index contributed by atoms with van der Waals surface area (Å²) < 4.78 is 1.67. The number of aryl methyl sites for hydroxylation is 3. The van der Waals surface area contributed by atoms with Crippen LogP contribution in [-0.2, 0) is 19.4 Å². The monoisotopic (exact) mass is 256 g/mol. The Balaban J connectivity index is 2.10. The first-order valence-corrected chi connectivity index (χ1v) is 6.62. The fraction of sp³-hybridized carbons (Fsp3) is 0.333. The van der Waals surface area contributed by atoms with E-state index in [1.165, 1.54) is 17.5 Å². The molecule has 0 fully saturated rings. The molecular formula is C15H16N2O2. The molecule has 0 atom stereocenters. The average molecular weight is 256 g/mol. The number of aromatic nitrogens is 2. The molecule has 1 aliphatic rings. The Kier molecular flexibility index (Phi) is 2.85. The van der Waals surface area contributed by atoms with E-state index in [0.29, 0.717) is 12.2 Å². The molecule has 0 spiro atoms. The molecule has 1 aliphatic carbocycles. The smallest absolute Gasteiger partial charge is 0.339 e. The number of nitrogens with zero attached hydrogens (tertiary/aromatic N) is 2. The summed E-state index contributed by atoms with van der Waals surface area (Å²) in [6.07, 6.45) is 5.00. The van der Waals surface area contributed by atoms with Gasteiger partial charge in [-0.3, -0.25) is 4.68 Å². The molecule has 3 rings (SSSR count). The molecule has 4 heteroatoms. The van der Waals surface area contributed by atoms with Crippen molar-refractivity contribution >= 4 is 5.97 Å². The predicted molar refractivity (Wildman–Crippen MR) is 72.3 cm³/mol. The van der Waals surface area contributed by atoms with Gasteiger partial charge in [-0.25, -0.2) is 4.79 Å². The van der Waals surface area contributed by atoms with Gasteiger partial charge < -0.3 is 5.11 Å². The van der Waals surface area contributed by atoms with Gasteiger partial charge in [0.25, 0.3) is 0 Å². The molecule has 0 amide bonds. The Bertz CT molecular complexity index is 644. The second-order valence-electron chi connectivity index (χ2n) is 4.89. The maximum absolute atomic E-state index is 11.3. The minimum atomic E-state index is -0.921. The third kappa shape index (κ3) is 2.03. The van der Waals surface area contributed by atoms with Gasteiger partial charge in [-0.1, -0.05) is 12.1 Å². The molecule has 2 aromatic rings. The van der Waals surface area contributed by atoms with Gasteiger partial charge in [0, 0.05) is 18.3 Å². The molecule has 1 aromatic heterocycles. The number of rotatable bonds is 3. The van der Waals surface area contributed by atoms with Gasteiger partial charge in [0.15, 0.2) is 0 Å². The maximum Gasteiger partial charge on any atom is 0.339 e.